The Morgan fingerprint density at radius 2 is 1.69 bits per heavy atom. The van der Waals surface area contributed by atoms with Crippen LogP contribution in [0.1, 0.15) is 36.1 Å². The highest BCUT2D eigenvalue weighted by molar-refractivity contribution is 5.86. The summed E-state index contributed by atoms with van der Waals surface area (Å²) in [6.45, 7) is 0.600. The summed E-state index contributed by atoms with van der Waals surface area (Å²) in [5.41, 5.74) is 1.51. The number of hydrogen-bond acceptors (Lipinski definition) is 2. The van der Waals surface area contributed by atoms with Crippen molar-refractivity contribution in [3.8, 4) is 0 Å². The van der Waals surface area contributed by atoms with Crippen molar-refractivity contribution in [2.75, 3.05) is 6.54 Å². The molecule has 3 aromatic rings. The van der Waals surface area contributed by atoms with Gasteiger partial charge < -0.3 is 10.0 Å². The van der Waals surface area contributed by atoms with E-state index in [-0.39, 0.29) is 11.7 Å². The molecule has 0 bridgehead atoms. The Bertz CT molecular complexity index is 933. The van der Waals surface area contributed by atoms with E-state index in [1.54, 1.807) is 17.0 Å². The first-order valence-corrected chi connectivity index (χ1v) is 8.86. The van der Waals surface area contributed by atoms with Crippen LogP contribution in [0, 0.1) is 5.82 Å². The van der Waals surface area contributed by atoms with Crippen molar-refractivity contribution in [1.82, 2.24) is 4.90 Å². The first-order chi connectivity index (χ1) is 12.6. The lowest BCUT2D eigenvalue weighted by Gasteiger charge is -2.33. The molecular weight excluding hydrogens is 329 g/mol. The molecule has 1 heterocycles. The molecule has 2 atom stereocenters. The Kier molecular flexibility index (Phi) is 4.43. The lowest BCUT2D eigenvalue weighted by molar-refractivity contribution is -0.132. The number of aliphatic hydroxyl groups excluding tert-OH is 1. The van der Waals surface area contributed by atoms with Gasteiger partial charge in [0, 0.05) is 13.0 Å². The summed E-state index contributed by atoms with van der Waals surface area (Å²) < 4.78 is 13.4. The molecule has 26 heavy (non-hydrogen) atoms. The molecule has 1 amide bonds. The monoisotopic (exact) mass is 349 g/mol. The second-order valence-corrected chi connectivity index (χ2v) is 6.70. The average Bonchev–Trinajstić information content (AvgIpc) is 3.08. The van der Waals surface area contributed by atoms with Gasteiger partial charge in [-0.05, 0) is 40.5 Å². The molecule has 4 heteroatoms. The van der Waals surface area contributed by atoms with E-state index in [4.69, 9.17) is 0 Å². The Morgan fingerprint density at radius 3 is 2.42 bits per heavy atom. The van der Waals surface area contributed by atoms with E-state index < -0.39 is 12.1 Å². The van der Waals surface area contributed by atoms with Crippen LogP contribution in [-0.4, -0.2) is 22.5 Å². The number of nitrogens with zero attached hydrogens (tertiary/aromatic N) is 1. The average molecular weight is 349 g/mol. The number of fused-ring (bicyclic) bond motifs is 1. The fourth-order valence-corrected chi connectivity index (χ4v) is 3.83. The summed E-state index contributed by atoms with van der Waals surface area (Å²) in [6.07, 6.45) is 0.368. The number of aliphatic hydroxyl groups is 1. The van der Waals surface area contributed by atoms with Crippen LogP contribution in [0.4, 0.5) is 4.39 Å². The van der Waals surface area contributed by atoms with Gasteiger partial charge in [-0.15, -0.1) is 0 Å². The minimum atomic E-state index is -0.895. The second kappa shape index (κ2) is 6.89. The number of halogens is 1. The van der Waals surface area contributed by atoms with E-state index in [1.165, 1.54) is 12.1 Å². The molecule has 1 N–H and O–H groups in total. The van der Waals surface area contributed by atoms with Crippen molar-refractivity contribution in [2.45, 2.75) is 25.0 Å². The SMILES string of the molecule is O=C1CCCN1C(c1ccc(F)cc1)C(O)c1cccc2ccccc12. The molecule has 0 radical (unpaired) electrons. The molecule has 0 saturated carbocycles. The lowest BCUT2D eigenvalue weighted by Crippen LogP contribution is -2.34. The smallest absolute Gasteiger partial charge is 0.223 e. The van der Waals surface area contributed by atoms with Crippen molar-refractivity contribution in [3.05, 3.63) is 83.7 Å². The Morgan fingerprint density at radius 1 is 0.962 bits per heavy atom. The van der Waals surface area contributed by atoms with Crippen LogP contribution in [0.5, 0.6) is 0 Å². The summed E-state index contributed by atoms with van der Waals surface area (Å²) in [5, 5.41) is 13.3. The standard InChI is InChI=1S/C22H20FNO2/c23-17-12-10-16(11-13-17)21(24-14-4-9-20(24)25)22(26)19-8-3-6-15-5-1-2-7-18(15)19/h1-3,5-8,10-13,21-22,26H,4,9,14H2. The molecule has 132 valence electrons. The predicted octanol–water partition coefficient (Wildman–Crippen LogP) is 4.38. The zero-order chi connectivity index (χ0) is 18.1. The maximum atomic E-state index is 13.4. The molecule has 3 nitrogen and oxygen atoms in total. The minimum absolute atomic E-state index is 0.0265. The van der Waals surface area contributed by atoms with Crippen molar-refractivity contribution in [3.63, 3.8) is 0 Å². The van der Waals surface area contributed by atoms with Gasteiger partial charge in [0.25, 0.3) is 0 Å². The normalized spacial score (nSPS) is 16.8. The predicted molar refractivity (Wildman–Crippen MR) is 99.0 cm³/mol. The van der Waals surface area contributed by atoms with Gasteiger partial charge in [0.15, 0.2) is 0 Å². The topological polar surface area (TPSA) is 40.5 Å². The molecule has 2 unspecified atom stereocenters. The van der Waals surface area contributed by atoms with Crippen LogP contribution in [0.25, 0.3) is 10.8 Å². The molecule has 1 aliphatic rings. The van der Waals surface area contributed by atoms with E-state index in [0.29, 0.717) is 13.0 Å². The number of amides is 1. The van der Waals surface area contributed by atoms with Gasteiger partial charge in [0.2, 0.25) is 5.91 Å². The summed E-state index contributed by atoms with van der Waals surface area (Å²) in [4.78, 5) is 14.1. The fourth-order valence-electron chi connectivity index (χ4n) is 3.83. The van der Waals surface area contributed by atoms with E-state index >= 15 is 0 Å². The van der Waals surface area contributed by atoms with E-state index in [1.807, 2.05) is 42.5 Å². The summed E-state index contributed by atoms with van der Waals surface area (Å²) in [6, 6.07) is 19.2. The van der Waals surface area contributed by atoms with Gasteiger partial charge in [0.1, 0.15) is 11.9 Å². The second-order valence-electron chi connectivity index (χ2n) is 6.70. The highest BCUT2D eigenvalue weighted by Gasteiger charge is 2.35. The first kappa shape index (κ1) is 16.7. The maximum absolute atomic E-state index is 13.4. The zero-order valence-electron chi connectivity index (χ0n) is 14.3. The Labute approximate surface area is 151 Å². The molecule has 1 aliphatic heterocycles. The minimum Gasteiger partial charge on any atom is -0.386 e. The number of hydrogen-bond donors (Lipinski definition) is 1. The van der Waals surface area contributed by atoms with Crippen LogP contribution in [0.2, 0.25) is 0 Å². The summed E-state index contributed by atoms with van der Waals surface area (Å²) in [7, 11) is 0. The Balaban J connectivity index is 1.82. The Hall–Kier alpha value is -2.72. The van der Waals surface area contributed by atoms with E-state index in [0.717, 1.165) is 28.3 Å². The van der Waals surface area contributed by atoms with Crippen LogP contribution < -0.4 is 0 Å². The van der Waals surface area contributed by atoms with E-state index in [2.05, 4.69) is 0 Å². The molecule has 3 aromatic carbocycles. The third kappa shape index (κ3) is 2.97. The van der Waals surface area contributed by atoms with Gasteiger partial charge in [-0.1, -0.05) is 54.6 Å². The molecule has 0 aromatic heterocycles. The number of benzene rings is 3. The van der Waals surface area contributed by atoms with Crippen LogP contribution in [0.15, 0.2) is 66.7 Å². The van der Waals surface area contributed by atoms with Gasteiger partial charge in [-0.3, -0.25) is 4.79 Å². The van der Waals surface area contributed by atoms with Crippen LogP contribution in [-0.2, 0) is 4.79 Å². The molecule has 0 spiro atoms. The summed E-state index contributed by atoms with van der Waals surface area (Å²) >= 11 is 0. The lowest BCUT2D eigenvalue weighted by atomic mass is 9.91. The van der Waals surface area contributed by atoms with Gasteiger partial charge >= 0.3 is 0 Å². The third-order valence-corrected chi connectivity index (χ3v) is 5.10. The first-order valence-electron chi connectivity index (χ1n) is 8.86. The van der Waals surface area contributed by atoms with Gasteiger partial charge in [0.05, 0.1) is 6.04 Å². The number of carbonyl (C=O) groups excluding carboxylic acids is 1. The molecule has 1 fully saturated rings. The zero-order valence-corrected chi connectivity index (χ0v) is 14.3. The van der Waals surface area contributed by atoms with Crippen LogP contribution in [0.3, 0.4) is 0 Å². The third-order valence-electron chi connectivity index (χ3n) is 5.10. The van der Waals surface area contributed by atoms with Crippen molar-refractivity contribution in [2.24, 2.45) is 0 Å². The van der Waals surface area contributed by atoms with Crippen molar-refractivity contribution < 1.29 is 14.3 Å². The maximum Gasteiger partial charge on any atom is 0.223 e. The molecular formula is C22H20FNO2. The number of likely N-dealkylation sites (tertiary alicyclic amines) is 1. The summed E-state index contributed by atoms with van der Waals surface area (Å²) in [5.74, 6) is -0.307. The van der Waals surface area contributed by atoms with E-state index in [9.17, 15) is 14.3 Å². The van der Waals surface area contributed by atoms with Gasteiger partial charge in [-0.2, -0.15) is 0 Å². The molecule has 4 rings (SSSR count). The van der Waals surface area contributed by atoms with Crippen molar-refractivity contribution in [1.29, 1.82) is 0 Å². The van der Waals surface area contributed by atoms with Crippen molar-refractivity contribution >= 4 is 16.7 Å². The highest BCUT2D eigenvalue weighted by atomic mass is 19.1. The van der Waals surface area contributed by atoms with Gasteiger partial charge in [-0.25, -0.2) is 4.39 Å². The van der Waals surface area contributed by atoms with Crippen LogP contribution >= 0.6 is 0 Å². The molecule has 0 aliphatic carbocycles. The highest BCUT2D eigenvalue weighted by Crippen LogP contribution is 2.39. The number of rotatable bonds is 4. The largest absolute Gasteiger partial charge is 0.386 e. The number of carbonyl (C=O) groups is 1. The molecule has 1 saturated heterocycles. The fraction of sp³-hybridized carbons (Fsp3) is 0.227. The quantitative estimate of drug-likeness (QED) is 0.759.